The van der Waals surface area contributed by atoms with Crippen LogP contribution in [0.4, 0.5) is 5.69 Å². The summed E-state index contributed by atoms with van der Waals surface area (Å²) in [5.41, 5.74) is 1.91. The fourth-order valence-corrected chi connectivity index (χ4v) is 3.16. The Morgan fingerprint density at radius 3 is 2.40 bits per heavy atom. The van der Waals surface area contributed by atoms with Crippen LogP contribution in [0.1, 0.15) is 55.5 Å². The van der Waals surface area contributed by atoms with Gasteiger partial charge in [-0.1, -0.05) is 25.5 Å². The van der Waals surface area contributed by atoms with Crippen molar-refractivity contribution >= 4 is 21.4 Å². The Labute approximate surface area is 149 Å². The van der Waals surface area contributed by atoms with Crippen molar-refractivity contribution in [2.24, 2.45) is 0 Å². The number of sulfone groups is 1. The van der Waals surface area contributed by atoms with Crippen LogP contribution in [0.25, 0.3) is 0 Å². The summed E-state index contributed by atoms with van der Waals surface area (Å²) in [4.78, 5) is 12.2. The van der Waals surface area contributed by atoms with Crippen molar-refractivity contribution in [2.75, 3.05) is 5.32 Å². The maximum atomic E-state index is 12.2. The predicted molar refractivity (Wildman–Crippen MR) is 99.5 cm³/mol. The molecule has 0 aliphatic rings. The highest BCUT2D eigenvalue weighted by Gasteiger charge is 2.20. The highest BCUT2D eigenvalue weighted by molar-refractivity contribution is 7.91. The van der Waals surface area contributed by atoms with Gasteiger partial charge < -0.3 is 9.73 Å². The van der Waals surface area contributed by atoms with Gasteiger partial charge in [-0.25, -0.2) is 8.42 Å². The molecule has 25 heavy (non-hydrogen) atoms. The number of nitrogens with one attached hydrogen (secondary N) is 1. The smallest absolute Gasteiger partial charge is 0.291 e. The van der Waals surface area contributed by atoms with E-state index in [1.165, 1.54) is 17.7 Å². The molecule has 1 N–H and O–H groups in total. The molecular weight excluding hydrogens is 338 g/mol. The Morgan fingerprint density at radius 1 is 1.12 bits per heavy atom. The van der Waals surface area contributed by atoms with Crippen molar-refractivity contribution in [3.63, 3.8) is 0 Å². The van der Waals surface area contributed by atoms with Crippen molar-refractivity contribution in [3.05, 3.63) is 53.5 Å². The molecule has 6 heteroatoms. The molecule has 2 aromatic rings. The zero-order valence-electron chi connectivity index (χ0n) is 14.9. The number of amides is 1. The molecule has 0 aliphatic carbocycles. The van der Waals surface area contributed by atoms with Crippen molar-refractivity contribution in [1.29, 1.82) is 0 Å². The minimum atomic E-state index is -3.26. The van der Waals surface area contributed by atoms with E-state index in [1.807, 2.05) is 24.3 Å². The molecule has 1 aromatic carbocycles. The number of carbonyl (C=O) groups is 1. The molecule has 0 saturated heterocycles. The van der Waals surface area contributed by atoms with Gasteiger partial charge in [0.25, 0.3) is 5.91 Å². The molecule has 2 rings (SSSR count). The van der Waals surface area contributed by atoms with Crippen LogP contribution in [0.2, 0.25) is 0 Å². The van der Waals surface area contributed by atoms with E-state index >= 15 is 0 Å². The van der Waals surface area contributed by atoms with Crippen molar-refractivity contribution in [2.45, 2.75) is 51.0 Å². The van der Waals surface area contributed by atoms with Crippen LogP contribution in [-0.4, -0.2) is 19.6 Å². The third-order valence-corrected chi connectivity index (χ3v) is 6.10. The lowest BCUT2D eigenvalue weighted by Gasteiger charge is -2.06. The molecular formula is C19H25NO4S. The average molecular weight is 363 g/mol. The lowest BCUT2D eigenvalue weighted by atomic mass is 10.1. The Morgan fingerprint density at radius 2 is 1.80 bits per heavy atom. The number of carbonyl (C=O) groups excluding carboxylic acids is 1. The van der Waals surface area contributed by atoms with Gasteiger partial charge in [0.1, 0.15) is 11.5 Å². The molecule has 0 radical (unpaired) electrons. The summed E-state index contributed by atoms with van der Waals surface area (Å²) in [6.07, 6.45) is 3.31. The summed E-state index contributed by atoms with van der Waals surface area (Å²) >= 11 is 0. The van der Waals surface area contributed by atoms with Crippen LogP contribution in [-0.2, 0) is 22.0 Å². The Kier molecular flexibility index (Phi) is 6.42. The van der Waals surface area contributed by atoms with Gasteiger partial charge in [-0.2, -0.15) is 0 Å². The highest BCUT2D eigenvalue weighted by Crippen LogP contribution is 2.17. The van der Waals surface area contributed by atoms with Gasteiger partial charge in [0, 0.05) is 5.69 Å². The third kappa shape index (κ3) is 5.46. The second-order valence-corrected chi connectivity index (χ2v) is 8.93. The maximum absolute atomic E-state index is 12.2. The van der Waals surface area contributed by atoms with E-state index in [0.29, 0.717) is 5.69 Å². The Bertz CT molecular complexity index is 804. The van der Waals surface area contributed by atoms with Gasteiger partial charge in [0.2, 0.25) is 0 Å². The van der Waals surface area contributed by atoms with Gasteiger partial charge in [0.15, 0.2) is 15.6 Å². The lowest BCUT2D eigenvalue weighted by molar-refractivity contribution is 0.0995. The van der Waals surface area contributed by atoms with E-state index in [9.17, 15) is 13.2 Å². The molecule has 0 aliphatic heterocycles. The molecule has 0 unspecified atom stereocenters. The summed E-state index contributed by atoms with van der Waals surface area (Å²) in [6, 6.07) is 10.7. The third-order valence-electron chi connectivity index (χ3n) is 3.98. The fourth-order valence-electron chi connectivity index (χ4n) is 2.27. The summed E-state index contributed by atoms with van der Waals surface area (Å²) in [5.74, 6) is -0.225. The second kappa shape index (κ2) is 8.34. The molecule has 0 fully saturated rings. The number of benzene rings is 1. The van der Waals surface area contributed by atoms with Crippen LogP contribution in [0.5, 0.6) is 0 Å². The average Bonchev–Trinajstić information content (AvgIpc) is 3.02. The molecule has 5 nitrogen and oxygen atoms in total. The van der Waals surface area contributed by atoms with E-state index in [1.54, 1.807) is 13.8 Å². The SMILES string of the molecule is CCCCc1ccc(NC(=O)c2ccc(CS(=O)(=O)C(C)C)o2)cc1. The molecule has 0 bridgehead atoms. The molecule has 1 amide bonds. The van der Waals surface area contributed by atoms with E-state index in [2.05, 4.69) is 12.2 Å². The quantitative estimate of drug-likeness (QED) is 0.763. The minimum Gasteiger partial charge on any atom is -0.455 e. The van der Waals surface area contributed by atoms with Crippen molar-refractivity contribution in [1.82, 2.24) is 0 Å². The summed E-state index contributed by atoms with van der Waals surface area (Å²) < 4.78 is 29.2. The maximum Gasteiger partial charge on any atom is 0.291 e. The predicted octanol–water partition coefficient (Wildman–Crippen LogP) is 4.20. The zero-order chi connectivity index (χ0) is 18.4. The molecule has 0 atom stereocenters. The number of unbranched alkanes of at least 4 members (excludes halogenated alkanes) is 1. The first-order chi connectivity index (χ1) is 11.8. The monoisotopic (exact) mass is 363 g/mol. The normalized spacial score (nSPS) is 11.7. The van der Waals surface area contributed by atoms with Gasteiger partial charge in [-0.05, 0) is 56.5 Å². The van der Waals surface area contributed by atoms with E-state index in [-0.39, 0.29) is 17.3 Å². The minimum absolute atomic E-state index is 0.101. The fraction of sp³-hybridized carbons (Fsp3) is 0.421. The number of rotatable bonds is 8. The number of hydrogen-bond acceptors (Lipinski definition) is 4. The van der Waals surface area contributed by atoms with Crippen LogP contribution in [0, 0.1) is 0 Å². The van der Waals surface area contributed by atoms with Crippen molar-refractivity contribution < 1.29 is 17.6 Å². The summed E-state index contributed by atoms with van der Waals surface area (Å²) in [6.45, 7) is 5.39. The topological polar surface area (TPSA) is 76.4 Å². The van der Waals surface area contributed by atoms with Crippen molar-refractivity contribution in [3.8, 4) is 0 Å². The zero-order valence-corrected chi connectivity index (χ0v) is 15.7. The molecule has 1 heterocycles. The van der Waals surface area contributed by atoms with Gasteiger partial charge in [0.05, 0.1) is 5.25 Å². The second-order valence-electron chi connectivity index (χ2n) is 6.38. The highest BCUT2D eigenvalue weighted by atomic mass is 32.2. The lowest BCUT2D eigenvalue weighted by Crippen LogP contribution is -2.15. The van der Waals surface area contributed by atoms with E-state index in [4.69, 9.17) is 4.42 Å². The van der Waals surface area contributed by atoms with Crippen LogP contribution in [0.3, 0.4) is 0 Å². The first kappa shape index (κ1) is 19.2. The standard InChI is InChI=1S/C19H25NO4S/c1-4-5-6-15-7-9-16(10-8-15)20-19(21)18-12-11-17(24-18)13-25(22,23)14(2)3/h7-12,14H,4-6,13H2,1-3H3,(H,20,21). The number of furan rings is 1. The number of aryl methyl sites for hydroxylation is 1. The van der Waals surface area contributed by atoms with Crippen LogP contribution in [0.15, 0.2) is 40.8 Å². The molecule has 0 saturated carbocycles. The number of anilines is 1. The van der Waals surface area contributed by atoms with Crippen LogP contribution >= 0.6 is 0 Å². The van der Waals surface area contributed by atoms with Gasteiger partial charge in [-0.3, -0.25) is 4.79 Å². The number of hydrogen-bond donors (Lipinski definition) is 1. The summed E-state index contributed by atoms with van der Waals surface area (Å²) in [7, 11) is -3.26. The largest absolute Gasteiger partial charge is 0.455 e. The Hall–Kier alpha value is -2.08. The van der Waals surface area contributed by atoms with E-state index < -0.39 is 21.0 Å². The Balaban J connectivity index is 1.99. The summed E-state index contributed by atoms with van der Waals surface area (Å²) in [5, 5.41) is 2.27. The van der Waals surface area contributed by atoms with Gasteiger partial charge in [-0.15, -0.1) is 0 Å². The van der Waals surface area contributed by atoms with Gasteiger partial charge >= 0.3 is 0 Å². The first-order valence-electron chi connectivity index (χ1n) is 8.52. The molecule has 0 spiro atoms. The van der Waals surface area contributed by atoms with E-state index in [0.717, 1.165) is 19.3 Å². The molecule has 1 aromatic heterocycles. The molecule has 136 valence electrons. The first-order valence-corrected chi connectivity index (χ1v) is 10.2. The van der Waals surface area contributed by atoms with Crippen LogP contribution < -0.4 is 5.32 Å².